The first-order valence-corrected chi connectivity index (χ1v) is 11.1. The fourth-order valence-corrected chi connectivity index (χ4v) is 4.35. The Labute approximate surface area is 175 Å². The summed E-state index contributed by atoms with van der Waals surface area (Å²) in [6.07, 6.45) is -0.328. The van der Waals surface area contributed by atoms with Crippen LogP contribution in [0.3, 0.4) is 0 Å². The smallest absolute Gasteiger partial charge is 0.307 e. The number of sulfone groups is 1. The van der Waals surface area contributed by atoms with Crippen molar-refractivity contribution in [2.24, 2.45) is 0 Å². The zero-order valence-electron chi connectivity index (χ0n) is 16.8. The molecule has 0 fully saturated rings. The highest BCUT2D eigenvalue weighted by Gasteiger charge is 2.18. The van der Waals surface area contributed by atoms with Crippen molar-refractivity contribution in [2.45, 2.75) is 25.2 Å². The Kier molecular flexibility index (Phi) is 6.52. The Balaban J connectivity index is 1.53. The van der Waals surface area contributed by atoms with Gasteiger partial charge in [0.25, 0.3) is 5.91 Å². The molecule has 7 heteroatoms. The number of esters is 1. The number of benzene rings is 3. The van der Waals surface area contributed by atoms with Crippen molar-refractivity contribution in [3.63, 3.8) is 0 Å². The molecule has 3 aromatic carbocycles. The van der Waals surface area contributed by atoms with Crippen LogP contribution in [0.15, 0.2) is 65.6 Å². The van der Waals surface area contributed by atoms with Gasteiger partial charge in [-0.1, -0.05) is 48.5 Å². The van der Waals surface area contributed by atoms with E-state index in [1.54, 1.807) is 12.1 Å². The lowest BCUT2D eigenvalue weighted by Gasteiger charge is -2.11. The molecule has 1 amide bonds. The Bertz CT molecular complexity index is 1180. The monoisotopic (exact) mass is 425 g/mol. The van der Waals surface area contributed by atoms with Gasteiger partial charge in [0, 0.05) is 5.69 Å². The summed E-state index contributed by atoms with van der Waals surface area (Å²) in [5.74, 6) is -1.60. The first-order valence-electron chi connectivity index (χ1n) is 9.49. The van der Waals surface area contributed by atoms with Crippen LogP contribution >= 0.6 is 0 Å². The lowest BCUT2D eigenvalue weighted by molar-refractivity contribution is -0.146. The van der Waals surface area contributed by atoms with Gasteiger partial charge in [0.2, 0.25) is 0 Å². The number of rotatable bonds is 7. The molecular weight excluding hydrogens is 402 g/mol. The van der Waals surface area contributed by atoms with E-state index in [9.17, 15) is 18.0 Å². The summed E-state index contributed by atoms with van der Waals surface area (Å²) in [6.45, 7) is 3.27. The number of carbonyl (C=O) groups excluding carboxylic acids is 2. The van der Waals surface area contributed by atoms with E-state index in [4.69, 9.17) is 4.74 Å². The second-order valence-corrected chi connectivity index (χ2v) is 9.16. The van der Waals surface area contributed by atoms with Crippen molar-refractivity contribution >= 4 is 38.2 Å². The van der Waals surface area contributed by atoms with Crippen molar-refractivity contribution in [2.75, 3.05) is 17.7 Å². The quantitative estimate of drug-likeness (QED) is 0.582. The summed E-state index contributed by atoms with van der Waals surface area (Å²) in [5.41, 5.74) is 2.48. The Hall–Kier alpha value is -3.19. The number of amides is 1. The van der Waals surface area contributed by atoms with Crippen molar-refractivity contribution < 1.29 is 22.7 Å². The molecule has 0 aliphatic heterocycles. The minimum absolute atomic E-state index is 0.154. The topological polar surface area (TPSA) is 89.5 Å². The molecule has 1 N–H and O–H groups in total. The number of anilines is 1. The molecule has 0 aliphatic rings. The highest BCUT2D eigenvalue weighted by Crippen LogP contribution is 2.21. The fraction of sp³-hybridized carbons (Fsp3) is 0.217. The van der Waals surface area contributed by atoms with E-state index in [0.29, 0.717) is 5.69 Å². The van der Waals surface area contributed by atoms with Crippen LogP contribution in [0.4, 0.5) is 5.69 Å². The largest absolute Gasteiger partial charge is 0.456 e. The van der Waals surface area contributed by atoms with E-state index in [0.717, 1.165) is 21.9 Å². The normalized spacial score (nSPS) is 11.3. The molecule has 0 radical (unpaired) electrons. The molecule has 0 saturated heterocycles. The number of hydrogen-bond donors (Lipinski definition) is 1. The Morgan fingerprint density at radius 1 is 0.900 bits per heavy atom. The van der Waals surface area contributed by atoms with E-state index < -0.39 is 28.3 Å². The van der Waals surface area contributed by atoms with Gasteiger partial charge in [-0.3, -0.25) is 9.59 Å². The van der Waals surface area contributed by atoms with Crippen LogP contribution < -0.4 is 5.32 Å². The lowest BCUT2D eigenvalue weighted by Crippen LogP contribution is -2.22. The highest BCUT2D eigenvalue weighted by molar-refractivity contribution is 7.91. The molecule has 3 aromatic rings. The zero-order chi connectivity index (χ0) is 21.7. The third-order valence-corrected chi connectivity index (χ3v) is 6.48. The fourth-order valence-electron chi connectivity index (χ4n) is 3.10. The van der Waals surface area contributed by atoms with Crippen molar-refractivity contribution in [1.82, 2.24) is 0 Å². The number of aryl methyl sites for hydroxylation is 2. The van der Waals surface area contributed by atoms with Crippen LogP contribution in [-0.2, 0) is 24.2 Å². The first-order chi connectivity index (χ1) is 14.3. The Morgan fingerprint density at radius 3 is 2.27 bits per heavy atom. The van der Waals surface area contributed by atoms with Crippen LogP contribution in [0.1, 0.15) is 17.5 Å². The van der Waals surface area contributed by atoms with E-state index in [-0.39, 0.29) is 17.1 Å². The molecule has 0 atom stereocenters. The van der Waals surface area contributed by atoms with E-state index in [1.807, 2.05) is 56.3 Å². The molecular formula is C23H23NO5S. The lowest BCUT2D eigenvalue weighted by atomic mass is 10.1. The second-order valence-electron chi connectivity index (χ2n) is 7.05. The summed E-state index contributed by atoms with van der Waals surface area (Å²) in [4.78, 5) is 24.2. The van der Waals surface area contributed by atoms with Gasteiger partial charge >= 0.3 is 5.97 Å². The predicted molar refractivity (Wildman–Crippen MR) is 116 cm³/mol. The molecule has 0 saturated carbocycles. The zero-order valence-corrected chi connectivity index (χ0v) is 17.7. The van der Waals surface area contributed by atoms with Gasteiger partial charge in [0.15, 0.2) is 16.4 Å². The van der Waals surface area contributed by atoms with Crippen LogP contribution in [0.25, 0.3) is 10.8 Å². The molecule has 0 heterocycles. The van der Waals surface area contributed by atoms with Crippen molar-refractivity contribution in [3.8, 4) is 0 Å². The summed E-state index contributed by atoms with van der Waals surface area (Å²) in [5, 5.41) is 4.46. The molecule has 0 aliphatic carbocycles. The van der Waals surface area contributed by atoms with Crippen LogP contribution in [0, 0.1) is 13.8 Å². The molecule has 156 valence electrons. The van der Waals surface area contributed by atoms with Gasteiger partial charge in [-0.25, -0.2) is 8.42 Å². The maximum Gasteiger partial charge on any atom is 0.307 e. The maximum absolute atomic E-state index is 12.5. The van der Waals surface area contributed by atoms with Crippen molar-refractivity contribution in [1.29, 1.82) is 0 Å². The molecule has 0 unspecified atom stereocenters. The second kappa shape index (κ2) is 9.09. The average Bonchev–Trinajstić information content (AvgIpc) is 2.73. The third-order valence-electron chi connectivity index (χ3n) is 4.76. The number of nitrogens with one attached hydrogen (secondary N) is 1. The van der Waals surface area contributed by atoms with Gasteiger partial charge < -0.3 is 10.1 Å². The number of ether oxygens (including phenoxy) is 1. The van der Waals surface area contributed by atoms with Gasteiger partial charge in [0.1, 0.15) is 0 Å². The van der Waals surface area contributed by atoms with Crippen LogP contribution in [0.2, 0.25) is 0 Å². The minimum Gasteiger partial charge on any atom is -0.456 e. The number of carbonyl (C=O) groups is 2. The molecule has 6 nitrogen and oxygen atoms in total. The molecule has 0 bridgehead atoms. The van der Waals surface area contributed by atoms with E-state index >= 15 is 0 Å². The minimum atomic E-state index is -3.65. The summed E-state index contributed by atoms with van der Waals surface area (Å²) < 4.78 is 30.0. The number of fused-ring (bicyclic) bond motifs is 1. The van der Waals surface area contributed by atoms with Gasteiger partial charge in [-0.2, -0.15) is 0 Å². The van der Waals surface area contributed by atoms with Crippen LogP contribution in [-0.4, -0.2) is 32.7 Å². The molecule has 30 heavy (non-hydrogen) atoms. The maximum atomic E-state index is 12.5. The highest BCUT2D eigenvalue weighted by atomic mass is 32.2. The average molecular weight is 426 g/mol. The van der Waals surface area contributed by atoms with Gasteiger partial charge in [-0.15, -0.1) is 0 Å². The van der Waals surface area contributed by atoms with E-state index in [2.05, 4.69) is 5.32 Å². The van der Waals surface area contributed by atoms with Gasteiger partial charge in [-0.05, 0) is 47.9 Å². The summed E-state index contributed by atoms with van der Waals surface area (Å²) in [7, 11) is -3.65. The molecule has 0 aromatic heterocycles. The van der Waals surface area contributed by atoms with E-state index in [1.165, 1.54) is 6.07 Å². The third kappa shape index (κ3) is 5.24. The number of hydrogen-bond acceptors (Lipinski definition) is 5. The van der Waals surface area contributed by atoms with Crippen LogP contribution in [0.5, 0.6) is 0 Å². The molecule has 3 rings (SSSR count). The standard InChI is InChI=1S/C23H23NO5S/c1-16-6-5-7-17(2)23(16)24-21(25)15-29-22(26)12-13-30(27,28)20-11-10-18-8-3-4-9-19(18)14-20/h3-11,14H,12-13,15H2,1-2H3,(H,24,25). The van der Waals surface area contributed by atoms with Gasteiger partial charge in [0.05, 0.1) is 17.1 Å². The SMILES string of the molecule is Cc1cccc(C)c1NC(=O)COC(=O)CCS(=O)(=O)c1ccc2ccccc2c1. The predicted octanol–water partition coefficient (Wildman–Crippen LogP) is 3.80. The summed E-state index contributed by atoms with van der Waals surface area (Å²) in [6, 6.07) is 17.9. The number of para-hydroxylation sites is 1. The Morgan fingerprint density at radius 2 is 1.57 bits per heavy atom. The van der Waals surface area contributed by atoms with Crippen molar-refractivity contribution in [3.05, 3.63) is 71.8 Å². The molecule has 0 spiro atoms. The summed E-state index contributed by atoms with van der Waals surface area (Å²) >= 11 is 0. The first kappa shape index (κ1) is 21.5.